The van der Waals surface area contributed by atoms with Gasteiger partial charge < -0.3 is 14.7 Å². The third-order valence-corrected chi connectivity index (χ3v) is 6.30. The number of carbonyl (C=O) groups is 1. The molecule has 29 heavy (non-hydrogen) atoms. The minimum absolute atomic E-state index is 0.00192. The molecule has 2 aliphatic heterocycles. The Labute approximate surface area is 170 Å². The van der Waals surface area contributed by atoms with E-state index in [0.29, 0.717) is 25.3 Å². The summed E-state index contributed by atoms with van der Waals surface area (Å²) >= 11 is 0. The fourth-order valence-corrected chi connectivity index (χ4v) is 4.34. The lowest BCUT2D eigenvalue weighted by atomic mass is 9.92. The summed E-state index contributed by atoms with van der Waals surface area (Å²) in [7, 11) is 2.97. The molecule has 0 unspecified atom stereocenters. The molecule has 0 spiro atoms. The Hall–Kier alpha value is -2.60. The number of piperidine rings is 1. The van der Waals surface area contributed by atoms with Gasteiger partial charge in [-0.15, -0.1) is 0 Å². The monoisotopic (exact) mass is 402 g/mol. The first-order valence-electron chi connectivity index (χ1n) is 10.3. The summed E-state index contributed by atoms with van der Waals surface area (Å²) in [6.45, 7) is 7.88. The molecule has 0 aromatic carbocycles. The van der Waals surface area contributed by atoms with E-state index in [9.17, 15) is 19.6 Å². The summed E-state index contributed by atoms with van der Waals surface area (Å²) in [6.07, 6.45) is 2.14. The van der Waals surface area contributed by atoms with E-state index in [4.69, 9.17) is 0 Å². The zero-order valence-corrected chi connectivity index (χ0v) is 17.6. The molecule has 1 aromatic heterocycles. The Morgan fingerprint density at radius 2 is 1.66 bits per heavy atom. The largest absolute Gasteiger partial charge is 0.357 e. The van der Waals surface area contributed by atoms with Gasteiger partial charge in [-0.1, -0.05) is 6.92 Å². The number of amides is 1. The lowest BCUT2D eigenvalue weighted by molar-refractivity contribution is -0.134. The molecule has 158 valence electrons. The average Bonchev–Trinajstić information content (AvgIpc) is 2.75. The number of carbonyl (C=O) groups excluding carboxylic acids is 1. The van der Waals surface area contributed by atoms with Crippen LogP contribution in [0.3, 0.4) is 0 Å². The molecule has 1 amide bonds. The number of nitrogens with zero attached hydrogens (tertiary/aromatic N) is 6. The molecule has 0 bridgehead atoms. The number of piperazine rings is 1. The highest BCUT2D eigenvalue weighted by Crippen LogP contribution is 2.26. The summed E-state index contributed by atoms with van der Waals surface area (Å²) in [5.74, 6) is 0.899. The van der Waals surface area contributed by atoms with Crippen LogP contribution in [0, 0.1) is 17.2 Å². The SMILES string of the molecule is CCN1CCN(C(=O)CC2CCN(c3c(C#N)c(=O)n(C)c(=O)n3C)CC2)CC1. The molecule has 1 aromatic rings. The van der Waals surface area contributed by atoms with E-state index >= 15 is 0 Å². The Morgan fingerprint density at radius 1 is 1.03 bits per heavy atom. The highest BCUT2D eigenvalue weighted by Gasteiger charge is 2.28. The smallest absolute Gasteiger partial charge is 0.332 e. The van der Waals surface area contributed by atoms with Gasteiger partial charge in [0.15, 0.2) is 5.56 Å². The van der Waals surface area contributed by atoms with Gasteiger partial charge in [0.2, 0.25) is 5.91 Å². The first kappa shape index (κ1) is 21.1. The first-order valence-corrected chi connectivity index (χ1v) is 10.3. The predicted octanol–water partition coefficient (Wildman–Crippen LogP) is -0.274. The van der Waals surface area contributed by atoms with Crippen LogP contribution < -0.4 is 16.1 Å². The van der Waals surface area contributed by atoms with Crippen molar-refractivity contribution < 1.29 is 4.79 Å². The van der Waals surface area contributed by atoms with Crippen LogP contribution in [-0.2, 0) is 18.9 Å². The molecule has 2 fully saturated rings. The third kappa shape index (κ3) is 4.22. The van der Waals surface area contributed by atoms with E-state index in [-0.39, 0.29) is 17.4 Å². The van der Waals surface area contributed by atoms with Gasteiger partial charge in [-0.05, 0) is 25.3 Å². The van der Waals surface area contributed by atoms with Crippen molar-refractivity contribution in [2.75, 3.05) is 50.7 Å². The van der Waals surface area contributed by atoms with Crippen LogP contribution in [0.15, 0.2) is 9.59 Å². The minimum atomic E-state index is -0.561. The number of anilines is 1. The second-order valence-corrected chi connectivity index (χ2v) is 7.97. The maximum Gasteiger partial charge on any atom is 0.332 e. The Balaban J connectivity index is 1.63. The molecule has 9 heteroatoms. The molecule has 0 atom stereocenters. The van der Waals surface area contributed by atoms with Crippen molar-refractivity contribution in [3.8, 4) is 6.07 Å². The zero-order valence-electron chi connectivity index (χ0n) is 17.6. The Kier molecular flexibility index (Phi) is 6.42. The predicted molar refractivity (Wildman–Crippen MR) is 110 cm³/mol. The van der Waals surface area contributed by atoms with E-state index in [1.54, 1.807) is 7.05 Å². The molecule has 3 rings (SSSR count). The molecule has 2 saturated heterocycles. The van der Waals surface area contributed by atoms with Crippen molar-refractivity contribution >= 4 is 11.7 Å². The summed E-state index contributed by atoms with van der Waals surface area (Å²) in [4.78, 5) is 43.5. The van der Waals surface area contributed by atoms with Crippen molar-refractivity contribution in [3.63, 3.8) is 0 Å². The molecule has 2 aliphatic rings. The van der Waals surface area contributed by atoms with E-state index < -0.39 is 11.2 Å². The fraction of sp³-hybridized carbons (Fsp3) is 0.700. The highest BCUT2D eigenvalue weighted by atomic mass is 16.2. The third-order valence-electron chi connectivity index (χ3n) is 6.30. The molecule has 0 N–H and O–H groups in total. The van der Waals surface area contributed by atoms with Crippen LogP contribution in [0.1, 0.15) is 31.7 Å². The second kappa shape index (κ2) is 8.82. The van der Waals surface area contributed by atoms with Crippen LogP contribution in [0.4, 0.5) is 5.82 Å². The topological polar surface area (TPSA) is 94.6 Å². The summed E-state index contributed by atoms with van der Waals surface area (Å²) < 4.78 is 2.34. The molecule has 9 nitrogen and oxygen atoms in total. The van der Waals surface area contributed by atoms with Gasteiger partial charge in [-0.3, -0.25) is 18.7 Å². The van der Waals surface area contributed by atoms with Gasteiger partial charge in [-0.25, -0.2) is 4.79 Å². The number of likely N-dealkylation sites (N-methyl/N-ethyl adjacent to an activating group) is 1. The summed E-state index contributed by atoms with van der Waals surface area (Å²) in [6, 6.07) is 1.97. The minimum Gasteiger partial charge on any atom is -0.357 e. The van der Waals surface area contributed by atoms with Crippen LogP contribution >= 0.6 is 0 Å². The number of rotatable bonds is 4. The van der Waals surface area contributed by atoms with E-state index in [1.165, 1.54) is 11.6 Å². The Bertz CT molecular complexity index is 912. The zero-order chi connectivity index (χ0) is 21.1. The summed E-state index contributed by atoms with van der Waals surface area (Å²) in [5, 5.41) is 9.46. The quantitative estimate of drug-likeness (QED) is 0.688. The van der Waals surface area contributed by atoms with Gasteiger partial charge in [0.1, 0.15) is 11.9 Å². The number of nitriles is 1. The van der Waals surface area contributed by atoms with E-state index in [0.717, 1.165) is 50.1 Å². The van der Waals surface area contributed by atoms with Crippen LogP contribution in [0.25, 0.3) is 0 Å². The second-order valence-electron chi connectivity index (χ2n) is 7.97. The maximum absolute atomic E-state index is 12.7. The molecule has 0 aliphatic carbocycles. The van der Waals surface area contributed by atoms with Crippen LogP contribution in [-0.4, -0.2) is 70.7 Å². The van der Waals surface area contributed by atoms with E-state index in [2.05, 4.69) is 11.8 Å². The van der Waals surface area contributed by atoms with Gasteiger partial charge in [0.05, 0.1) is 0 Å². The van der Waals surface area contributed by atoms with E-state index in [1.807, 2.05) is 15.9 Å². The standard InChI is InChI=1S/C20H30N6O3/c1-4-24-9-11-25(12-10-24)17(27)13-15-5-7-26(8-6-15)18-16(14-21)19(28)23(3)20(29)22(18)2/h15H,4-13H2,1-3H3. The molecular formula is C20H30N6O3. The van der Waals surface area contributed by atoms with Crippen molar-refractivity contribution in [2.24, 2.45) is 20.0 Å². The first-order chi connectivity index (χ1) is 13.9. The van der Waals surface area contributed by atoms with Gasteiger partial charge >= 0.3 is 5.69 Å². The fourth-order valence-electron chi connectivity index (χ4n) is 4.34. The number of aromatic nitrogens is 2. The Morgan fingerprint density at radius 3 is 2.21 bits per heavy atom. The molecule has 0 radical (unpaired) electrons. The molecule has 3 heterocycles. The lowest BCUT2D eigenvalue weighted by Gasteiger charge is -2.37. The van der Waals surface area contributed by atoms with Gasteiger partial charge in [0, 0.05) is 59.8 Å². The van der Waals surface area contributed by atoms with Crippen molar-refractivity contribution in [1.82, 2.24) is 18.9 Å². The van der Waals surface area contributed by atoms with Crippen molar-refractivity contribution in [1.29, 1.82) is 5.26 Å². The molecular weight excluding hydrogens is 372 g/mol. The maximum atomic E-state index is 12.7. The highest BCUT2D eigenvalue weighted by molar-refractivity contribution is 5.76. The molecule has 0 saturated carbocycles. The van der Waals surface area contributed by atoms with Crippen molar-refractivity contribution in [3.05, 3.63) is 26.4 Å². The van der Waals surface area contributed by atoms with Gasteiger partial charge in [-0.2, -0.15) is 5.26 Å². The van der Waals surface area contributed by atoms with Crippen LogP contribution in [0.2, 0.25) is 0 Å². The van der Waals surface area contributed by atoms with Crippen LogP contribution in [0.5, 0.6) is 0 Å². The number of hydrogen-bond donors (Lipinski definition) is 0. The normalized spacial score (nSPS) is 18.7. The number of hydrogen-bond acceptors (Lipinski definition) is 6. The lowest BCUT2D eigenvalue weighted by Crippen LogP contribution is -2.49. The average molecular weight is 402 g/mol. The summed E-state index contributed by atoms with van der Waals surface area (Å²) in [5.41, 5.74) is -1.00. The van der Waals surface area contributed by atoms with Crippen molar-refractivity contribution in [2.45, 2.75) is 26.2 Å². The van der Waals surface area contributed by atoms with Gasteiger partial charge in [0.25, 0.3) is 5.56 Å².